The number of rotatable bonds is 3. The number of aliphatic hydroxyl groups excluding tert-OH is 1. The number of nitrogens with zero attached hydrogens (tertiary/aromatic N) is 2. The minimum atomic E-state index is -0.0121. The van der Waals surface area contributed by atoms with Crippen LogP contribution < -0.4 is 0 Å². The van der Waals surface area contributed by atoms with Gasteiger partial charge in [0.2, 0.25) is 0 Å². The molecule has 0 aliphatic heterocycles. The molecule has 0 bridgehead atoms. The minimum Gasteiger partial charge on any atom is -0.390 e. The van der Waals surface area contributed by atoms with Crippen LogP contribution in [0.1, 0.15) is 5.69 Å². The highest BCUT2D eigenvalue weighted by molar-refractivity contribution is 9.11. The molecule has 4 heteroatoms. The van der Waals surface area contributed by atoms with E-state index in [2.05, 4.69) is 27.5 Å². The van der Waals surface area contributed by atoms with E-state index in [0.717, 1.165) is 4.48 Å². The summed E-state index contributed by atoms with van der Waals surface area (Å²) in [7, 11) is 0. The summed E-state index contributed by atoms with van der Waals surface area (Å²) < 4.78 is 2.74. The average Bonchev–Trinajstić information content (AvgIpc) is 2.34. The van der Waals surface area contributed by atoms with Crippen molar-refractivity contribution >= 4 is 15.9 Å². The van der Waals surface area contributed by atoms with E-state index in [1.54, 1.807) is 12.5 Å². The van der Waals surface area contributed by atoms with Crippen molar-refractivity contribution in [3.05, 3.63) is 29.3 Å². The predicted octanol–water partition coefficient (Wildman–Crippen LogP) is 1.28. The third-order valence-electron chi connectivity index (χ3n) is 1.20. The molecule has 0 saturated carbocycles. The van der Waals surface area contributed by atoms with Crippen LogP contribution in [0.25, 0.3) is 0 Å². The molecule has 0 unspecified atom stereocenters. The Hall–Kier alpha value is -0.610. The van der Waals surface area contributed by atoms with E-state index in [1.807, 2.05) is 4.57 Å². The molecule has 0 atom stereocenters. The molecule has 1 N–H and O–H groups in total. The first kappa shape index (κ1) is 8.49. The van der Waals surface area contributed by atoms with E-state index in [1.165, 1.54) is 0 Å². The Labute approximate surface area is 73.5 Å². The fourth-order valence-electron chi connectivity index (χ4n) is 0.773. The van der Waals surface area contributed by atoms with Crippen molar-refractivity contribution in [3.63, 3.8) is 0 Å². The Morgan fingerprint density at radius 2 is 2.55 bits per heavy atom. The highest BCUT2D eigenvalue weighted by Gasteiger charge is 1.96. The average molecular weight is 217 g/mol. The molecular weight excluding hydrogens is 208 g/mol. The fraction of sp³-hybridized carbons (Fsp3) is 0.286. The highest BCUT2D eigenvalue weighted by Crippen LogP contribution is 2.05. The monoisotopic (exact) mass is 216 g/mol. The maximum Gasteiger partial charge on any atom is 0.0953 e. The first-order valence-electron chi connectivity index (χ1n) is 3.17. The molecule has 0 aliphatic rings. The molecule has 3 nitrogen and oxygen atoms in total. The standard InChI is InChI=1S/C7H9BrN2O/c1-6(8)2-10-3-7(4-11)9-5-10/h3,5,11H,1-2,4H2. The molecule has 1 aromatic heterocycles. The van der Waals surface area contributed by atoms with Crippen LogP contribution in [-0.2, 0) is 13.2 Å². The van der Waals surface area contributed by atoms with Gasteiger partial charge in [-0.05, 0) is 0 Å². The summed E-state index contributed by atoms with van der Waals surface area (Å²) in [6.07, 6.45) is 3.45. The Balaban J connectivity index is 2.65. The Morgan fingerprint density at radius 1 is 1.82 bits per heavy atom. The maximum atomic E-state index is 8.68. The van der Waals surface area contributed by atoms with Crippen molar-refractivity contribution in [2.24, 2.45) is 0 Å². The van der Waals surface area contributed by atoms with Gasteiger partial charge >= 0.3 is 0 Å². The number of hydrogen-bond donors (Lipinski definition) is 1. The predicted molar refractivity (Wildman–Crippen MR) is 46.2 cm³/mol. The van der Waals surface area contributed by atoms with Crippen LogP contribution in [0.15, 0.2) is 23.6 Å². The Kier molecular flexibility index (Phi) is 2.84. The van der Waals surface area contributed by atoms with Gasteiger partial charge in [-0.1, -0.05) is 22.5 Å². The third-order valence-corrected chi connectivity index (χ3v) is 1.45. The zero-order valence-corrected chi connectivity index (χ0v) is 7.58. The van der Waals surface area contributed by atoms with Crippen LogP contribution in [0.4, 0.5) is 0 Å². The van der Waals surface area contributed by atoms with Crippen molar-refractivity contribution in [3.8, 4) is 0 Å². The molecule has 0 aromatic carbocycles. The lowest BCUT2D eigenvalue weighted by Gasteiger charge is -1.96. The van der Waals surface area contributed by atoms with Crippen molar-refractivity contribution < 1.29 is 5.11 Å². The zero-order chi connectivity index (χ0) is 8.27. The van der Waals surface area contributed by atoms with Gasteiger partial charge in [0, 0.05) is 10.7 Å². The van der Waals surface area contributed by atoms with Gasteiger partial charge in [0.1, 0.15) is 0 Å². The number of halogens is 1. The molecule has 0 aliphatic carbocycles. The number of hydrogen-bond acceptors (Lipinski definition) is 2. The Morgan fingerprint density at radius 3 is 3.00 bits per heavy atom. The lowest BCUT2D eigenvalue weighted by molar-refractivity contribution is 0.277. The molecule has 11 heavy (non-hydrogen) atoms. The largest absolute Gasteiger partial charge is 0.390 e. The summed E-state index contributed by atoms with van der Waals surface area (Å²) in [6.45, 7) is 4.37. The van der Waals surface area contributed by atoms with Gasteiger partial charge < -0.3 is 9.67 Å². The van der Waals surface area contributed by atoms with Crippen molar-refractivity contribution in [2.75, 3.05) is 0 Å². The molecule has 1 aromatic rings. The van der Waals surface area contributed by atoms with Gasteiger partial charge in [-0.15, -0.1) is 0 Å². The van der Waals surface area contributed by atoms with Crippen LogP contribution in [0, 0.1) is 0 Å². The molecule has 0 spiro atoms. The second-order valence-electron chi connectivity index (χ2n) is 2.21. The summed E-state index contributed by atoms with van der Waals surface area (Å²) in [4.78, 5) is 3.94. The van der Waals surface area contributed by atoms with Crippen molar-refractivity contribution in [2.45, 2.75) is 13.2 Å². The first-order valence-corrected chi connectivity index (χ1v) is 3.96. The SMILES string of the molecule is C=C(Br)Cn1cnc(CO)c1. The highest BCUT2D eigenvalue weighted by atomic mass is 79.9. The molecular formula is C7H9BrN2O. The summed E-state index contributed by atoms with van der Waals surface area (Å²) in [5.41, 5.74) is 0.679. The van der Waals surface area contributed by atoms with E-state index in [-0.39, 0.29) is 6.61 Å². The van der Waals surface area contributed by atoms with Gasteiger partial charge in [-0.2, -0.15) is 0 Å². The van der Waals surface area contributed by atoms with Gasteiger partial charge in [0.25, 0.3) is 0 Å². The number of aliphatic hydroxyl groups is 1. The smallest absolute Gasteiger partial charge is 0.0953 e. The lowest BCUT2D eigenvalue weighted by atomic mass is 10.5. The lowest BCUT2D eigenvalue weighted by Crippen LogP contribution is -1.92. The fourth-order valence-corrected chi connectivity index (χ4v) is 1.06. The summed E-state index contributed by atoms with van der Waals surface area (Å²) in [6, 6.07) is 0. The number of allylic oxidation sites excluding steroid dienone is 1. The van der Waals surface area contributed by atoms with Crippen LogP contribution in [-0.4, -0.2) is 14.7 Å². The molecule has 0 radical (unpaired) electrons. The van der Waals surface area contributed by atoms with Crippen molar-refractivity contribution in [1.29, 1.82) is 0 Å². The molecule has 60 valence electrons. The van der Waals surface area contributed by atoms with E-state index >= 15 is 0 Å². The molecule has 0 fully saturated rings. The van der Waals surface area contributed by atoms with Gasteiger partial charge in [0.05, 0.1) is 25.2 Å². The first-order chi connectivity index (χ1) is 5.22. The number of imidazole rings is 1. The summed E-state index contributed by atoms with van der Waals surface area (Å²) >= 11 is 3.24. The number of aromatic nitrogens is 2. The molecule has 1 rings (SSSR count). The van der Waals surface area contributed by atoms with Gasteiger partial charge in [-0.3, -0.25) is 0 Å². The second kappa shape index (κ2) is 3.69. The zero-order valence-electron chi connectivity index (χ0n) is 6.00. The maximum absolute atomic E-state index is 8.68. The summed E-state index contributed by atoms with van der Waals surface area (Å²) in [5, 5.41) is 8.68. The molecule has 1 heterocycles. The summed E-state index contributed by atoms with van der Waals surface area (Å²) in [5.74, 6) is 0. The second-order valence-corrected chi connectivity index (χ2v) is 3.33. The quantitative estimate of drug-likeness (QED) is 0.828. The third kappa shape index (κ3) is 2.48. The van der Waals surface area contributed by atoms with Gasteiger partial charge in [0.15, 0.2) is 0 Å². The van der Waals surface area contributed by atoms with Crippen LogP contribution in [0.5, 0.6) is 0 Å². The topological polar surface area (TPSA) is 38.0 Å². The van der Waals surface area contributed by atoms with Gasteiger partial charge in [-0.25, -0.2) is 4.98 Å². The minimum absolute atomic E-state index is 0.0121. The van der Waals surface area contributed by atoms with E-state index in [9.17, 15) is 0 Å². The van der Waals surface area contributed by atoms with E-state index in [0.29, 0.717) is 12.2 Å². The van der Waals surface area contributed by atoms with Crippen LogP contribution in [0.2, 0.25) is 0 Å². The van der Waals surface area contributed by atoms with Crippen molar-refractivity contribution in [1.82, 2.24) is 9.55 Å². The molecule has 0 amide bonds. The Bertz CT molecular complexity index is 257. The molecule has 0 saturated heterocycles. The van der Waals surface area contributed by atoms with E-state index < -0.39 is 0 Å². The van der Waals surface area contributed by atoms with Crippen LogP contribution in [0.3, 0.4) is 0 Å². The van der Waals surface area contributed by atoms with Crippen LogP contribution >= 0.6 is 15.9 Å². The van der Waals surface area contributed by atoms with E-state index in [4.69, 9.17) is 5.11 Å². The normalized spacial score (nSPS) is 10.0.